The summed E-state index contributed by atoms with van der Waals surface area (Å²) in [4.78, 5) is 12.0. The van der Waals surface area contributed by atoms with Crippen LogP contribution in [0, 0.1) is 0 Å². The lowest BCUT2D eigenvalue weighted by molar-refractivity contribution is -0.118. The van der Waals surface area contributed by atoms with Gasteiger partial charge in [0.15, 0.2) is 5.82 Å². The van der Waals surface area contributed by atoms with E-state index in [1.165, 1.54) is 0 Å². The van der Waals surface area contributed by atoms with Gasteiger partial charge in [-0.05, 0) is 12.0 Å². The molecule has 1 aromatic carbocycles. The van der Waals surface area contributed by atoms with Gasteiger partial charge in [0.25, 0.3) is 0 Å². The van der Waals surface area contributed by atoms with Crippen molar-refractivity contribution >= 4 is 11.7 Å². The summed E-state index contributed by atoms with van der Waals surface area (Å²) in [7, 11) is 0. The summed E-state index contributed by atoms with van der Waals surface area (Å²) in [5.41, 5.74) is 1.15. The predicted octanol–water partition coefficient (Wildman–Crippen LogP) is 0.593. The fraction of sp³-hybridized carbons (Fsp3) is 0.333. The number of hydrogen-bond donors (Lipinski definition) is 3. The number of aromatic nitrogens is 2. The Balaban J connectivity index is 1.59. The van der Waals surface area contributed by atoms with Crippen molar-refractivity contribution in [2.45, 2.75) is 25.1 Å². The van der Waals surface area contributed by atoms with Crippen molar-refractivity contribution in [3.8, 4) is 0 Å². The zero-order valence-electron chi connectivity index (χ0n) is 11.6. The summed E-state index contributed by atoms with van der Waals surface area (Å²) in [5.74, 6) is 0.371. The number of hydrogen-bond acceptors (Lipinski definition) is 4. The molecule has 1 aliphatic heterocycles. The first-order chi connectivity index (χ1) is 10.2. The van der Waals surface area contributed by atoms with Crippen molar-refractivity contribution in [2.75, 3.05) is 11.9 Å². The van der Waals surface area contributed by atoms with Gasteiger partial charge < -0.3 is 15.7 Å². The van der Waals surface area contributed by atoms with Crippen LogP contribution >= 0.6 is 0 Å². The van der Waals surface area contributed by atoms with Gasteiger partial charge in [0.05, 0.1) is 18.7 Å². The third-order valence-electron chi connectivity index (χ3n) is 3.50. The van der Waals surface area contributed by atoms with Gasteiger partial charge in [-0.25, -0.2) is 0 Å². The van der Waals surface area contributed by atoms with Crippen LogP contribution in [0.25, 0.3) is 0 Å². The van der Waals surface area contributed by atoms with Crippen molar-refractivity contribution in [1.82, 2.24) is 15.1 Å². The number of nitrogens with zero attached hydrogens (tertiary/aromatic N) is 2. The maximum Gasteiger partial charge on any atom is 0.242 e. The second-order valence-electron chi connectivity index (χ2n) is 5.22. The SMILES string of the molecule is O=C(Nc1ccn(Cc2ccccc2)n1)[C@@H]1C[C@@H](O)CN1. The number of benzene rings is 1. The Labute approximate surface area is 122 Å². The average Bonchev–Trinajstić information content (AvgIpc) is 3.09. The topological polar surface area (TPSA) is 79.2 Å². The molecule has 1 amide bonds. The first kappa shape index (κ1) is 13.8. The normalized spacial score (nSPS) is 21.4. The monoisotopic (exact) mass is 286 g/mol. The smallest absolute Gasteiger partial charge is 0.242 e. The molecule has 0 radical (unpaired) electrons. The molecule has 110 valence electrons. The van der Waals surface area contributed by atoms with Crippen LogP contribution in [-0.4, -0.2) is 39.5 Å². The molecule has 3 rings (SSSR count). The van der Waals surface area contributed by atoms with Crippen LogP contribution in [0.5, 0.6) is 0 Å². The fourth-order valence-corrected chi connectivity index (χ4v) is 2.42. The number of anilines is 1. The molecule has 0 bridgehead atoms. The molecule has 3 N–H and O–H groups in total. The second kappa shape index (κ2) is 6.07. The van der Waals surface area contributed by atoms with Gasteiger partial charge in [-0.1, -0.05) is 30.3 Å². The van der Waals surface area contributed by atoms with Gasteiger partial charge in [0, 0.05) is 18.8 Å². The number of aliphatic hydroxyl groups excluding tert-OH is 1. The summed E-state index contributed by atoms with van der Waals surface area (Å²) in [6.45, 7) is 1.12. The van der Waals surface area contributed by atoms with Gasteiger partial charge in [-0.15, -0.1) is 0 Å². The molecule has 6 nitrogen and oxygen atoms in total. The molecule has 2 atom stereocenters. The highest BCUT2D eigenvalue weighted by Gasteiger charge is 2.28. The molecule has 21 heavy (non-hydrogen) atoms. The molecular weight excluding hydrogens is 268 g/mol. The molecule has 0 saturated carbocycles. The standard InChI is InChI=1S/C15H18N4O2/c20-12-8-13(16-9-12)15(21)17-14-6-7-19(18-14)10-11-4-2-1-3-5-11/h1-7,12-13,16,20H,8-10H2,(H,17,18,21)/t12-,13+/m1/s1. The lowest BCUT2D eigenvalue weighted by atomic mass is 10.2. The minimum atomic E-state index is -0.448. The van der Waals surface area contributed by atoms with E-state index in [0.717, 1.165) is 5.56 Å². The Morgan fingerprint density at radius 3 is 2.90 bits per heavy atom. The van der Waals surface area contributed by atoms with E-state index >= 15 is 0 Å². The van der Waals surface area contributed by atoms with Gasteiger partial charge in [0.1, 0.15) is 0 Å². The summed E-state index contributed by atoms with van der Waals surface area (Å²) < 4.78 is 1.78. The average molecular weight is 286 g/mol. The first-order valence-electron chi connectivity index (χ1n) is 7.00. The zero-order valence-corrected chi connectivity index (χ0v) is 11.6. The Morgan fingerprint density at radius 1 is 1.38 bits per heavy atom. The fourth-order valence-electron chi connectivity index (χ4n) is 2.42. The number of nitrogens with one attached hydrogen (secondary N) is 2. The van der Waals surface area contributed by atoms with Crippen LogP contribution in [0.2, 0.25) is 0 Å². The van der Waals surface area contributed by atoms with Crippen LogP contribution in [0.1, 0.15) is 12.0 Å². The van der Waals surface area contributed by atoms with Crippen LogP contribution in [0.4, 0.5) is 5.82 Å². The van der Waals surface area contributed by atoms with Crippen molar-refractivity contribution in [2.24, 2.45) is 0 Å². The van der Waals surface area contributed by atoms with E-state index in [9.17, 15) is 9.90 Å². The molecule has 0 unspecified atom stereocenters. The van der Waals surface area contributed by atoms with E-state index in [-0.39, 0.29) is 11.9 Å². The largest absolute Gasteiger partial charge is 0.392 e. The van der Waals surface area contributed by atoms with E-state index in [1.807, 2.05) is 36.5 Å². The van der Waals surface area contributed by atoms with Crippen molar-refractivity contribution in [3.63, 3.8) is 0 Å². The summed E-state index contributed by atoms with van der Waals surface area (Å²) in [5, 5.41) is 19.5. The van der Waals surface area contributed by atoms with Crippen LogP contribution in [0.3, 0.4) is 0 Å². The molecule has 1 saturated heterocycles. The maximum atomic E-state index is 12.0. The Bertz CT molecular complexity index is 611. The van der Waals surface area contributed by atoms with Gasteiger partial charge in [-0.2, -0.15) is 5.10 Å². The van der Waals surface area contributed by atoms with E-state index in [0.29, 0.717) is 25.3 Å². The molecule has 1 aromatic heterocycles. The molecule has 6 heteroatoms. The number of rotatable bonds is 4. The molecular formula is C15H18N4O2. The highest BCUT2D eigenvalue weighted by atomic mass is 16.3. The molecule has 1 fully saturated rings. The van der Waals surface area contributed by atoms with Gasteiger partial charge >= 0.3 is 0 Å². The Hall–Kier alpha value is -2.18. The lowest BCUT2D eigenvalue weighted by Crippen LogP contribution is -2.35. The third kappa shape index (κ3) is 3.48. The number of β-amino-alcohol motifs (C(OH)–C–C–N with tert-alkyl or cyclic N) is 1. The van der Waals surface area contributed by atoms with E-state index < -0.39 is 6.10 Å². The van der Waals surface area contributed by atoms with Crippen LogP contribution in [-0.2, 0) is 11.3 Å². The first-order valence-corrected chi connectivity index (χ1v) is 7.00. The summed E-state index contributed by atoms with van der Waals surface area (Å²) >= 11 is 0. The highest BCUT2D eigenvalue weighted by Crippen LogP contribution is 2.10. The van der Waals surface area contributed by atoms with Crippen molar-refractivity contribution < 1.29 is 9.90 Å². The molecule has 0 aliphatic carbocycles. The van der Waals surface area contributed by atoms with E-state index in [4.69, 9.17) is 0 Å². The maximum absolute atomic E-state index is 12.0. The number of amides is 1. The van der Waals surface area contributed by atoms with Gasteiger partial charge in [0.2, 0.25) is 5.91 Å². The summed E-state index contributed by atoms with van der Waals surface area (Å²) in [6.07, 6.45) is 1.83. The van der Waals surface area contributed by atoms with Crippen molar-refractivity contribution in [3.05, 3.63) is 48.2 Å². The highest BCUT2D eigenvalue weighted by molar-refractivity contribution is 5.94. The van der Waals surface area contributed by atoms with Gasteiger partial charge in [-0.3, -0.25) is 9.48 Å². The molecule has 2 heterocycles. The minimum Gasteiger partial charge on any atom is -0.392 e. The van der Waals surface area contributed by atoms with E-state index in [2.05, 4.69) is 15.7 Å². The molecule has 1 aliphatic rings. The van der Waals surface area contributed by atoms with Crippen molar-refractivity contribution in [1.29, 1.82) is 0 Å². The number of aliphatic hydroxyl groups is 1. The molecule has 0 spiro atoms. The second-order valence-corrected chi connectivity index (χ2v) is 5.22. The Kier molecular flexibility index (Phi) is 3.98. The quantitative estimate of drug-likeness (QED) is 0.769. The minimum absolute atomic E-state index is 0.156. The molecule has 2 aromatic rings. The predicted molar refractivity (Wildman–Crippen MR) is 78.8 cm³/mol. The van der Waals surface area contributed by atoms with Crippen LogP contribution < -0.4 is 10.6 Å². The van der Waals surface area contributed by atoms with E-state index in [1.54, 1.807) is 10.7 Å². The lowest BCUT2D eigenvalue weighted by Gasteiger charge is -2.08. The number of carbonyl (C=O) groups excluding carboxylic acids is 1. The third-order valence-corrected chi connectivity index (χ3v) is 3.50. The zero-order chi connectivity index (χ0) is 14.7. The Morgan fingerprint density at radius 2 is 2.19 bits per heavy atom. The van der Waals surface area contributed by atoms with Crippen LogP contribution in [0.15, 0.2) is 42.6 Å². The summed E-state index contributed by atoms with van der Waals surface area (Å²) in [6, 6.07) is 11.4. The number of carbonyl (C=O) groups is 1.